The van der Waals surface area contributed by atoms with Crippen LogP contribution in [-0.2, 0) is 10.8 Å². The van der Waals surface area contributed by atoms with Gasteiger partial charge < -0.3 is 5.32 Å². The van der Waals surface area contributed by atoms with Gasteiger partial charge in [-0.25, -0.2) is 0 Å². The first-order chi connectivity index (χ1) is 7.61. The molecule has 0 radical (unpaired) electrons. The molecule has 98 valence electrons. The summed E-state index contributed by atoms with van der Waals surface area (Å²) in [7, 11) is -0.632. The molecule has 3 heteroatoms. The van der Waals surface area contributed by atoms with Crippen molar-refractivity contribution in [3.05, 3.63) is 0 Å². The van der Waals surface area contributed by atoms with E-state index in [4.69, 9.17) is 0 Å². The molecule has 0 aromatic heterocycles. The van der Waals surface area contributed by atoms with Crippen LogP contribution < -0.4 is 5.32 Å². The van der Waals surface area contributed by atoms with Gasteiger partial charge in [-0.15, -0.1) is 0 Å². The summed E-state index contributed by atoms with van der Waals surface area (Å²) in [4.78, 5) is 0. The van der Waals surface area contributed by atoms with Crippen molar-refractivity contribution in [1.82, 2.24) is 5.32 Å². The van der Waals surface area contributed by atoms with Crippen molar-refractivity contribution >= 4 is 10.8 Å². The summed E-state index contributed by atoms with van der Waals surface area (Å²) >= 11 is 0. The Morgan fingerprint density at radius 2 is 1.81 bits per heavy atom. The fraction of sp³-hybridized carbons (Fsp3) is 1.00. The van der Waals surface area contributed by atoms with Gasteiger partial charge in [0, 0.05) is 27.8 Å². The van der Waals surface area contributed by atoms with Gasteiger partial charge in [0.15, 0.2) is 0 Å². The Bertz CT molecular complexity index is 185. The fourth-order valence-corrected chi connectivity index (χ4v) is 3.17. The second-order valence-corrected chi connectivity index (χ2v) is 6.67. The lowest BCUT2D eigenvalue weighted by atomic mass is 10.2. The van der Waals surface area contributed by atoms with Crippen LogP contribution in [0, 0.1) is 0 Å². The van der Waals surface area contributed by atoms with Crippen LogP contribution in [0.15, 0.2) is 0 Å². The van der Waals surface area contributed by atoms with Crippen LogP contribution in [-0.4, -0.2) is 27.8 Å². The van der Waals surface area contributed by atoms with Crippen molar-refractivity contribution in [3.8, 4) is 0 Å². The number of unbranched alkanes of at least 4 members (excludes halogenated alkanes) is 2. The monoisotopic (exact) mass is 247 g/mol. The Labute approximate surface area is 104 Å². The van der Waals surface area contributed by atoms with Crippen molar-refractivity contribution in [1.29, 1.82) is 0 Å². The molecule has 0 aliphatic carbocycles. The summed E-state index contributed by atoms with van der Waals surface area (Å²) in [5.74, 6) is 0.884. The second-order valence-electron chi connectivity index (χ2n) is 4.69. The zero-order chi connectivity index (χ0) is 12.4. The lowest BCUT2D eigenvalue weighted by molar-refractivity contribution is 0.508. The molecule has 0 amide bonds. The third-order valence-electron chi connectivity index (χ3n) is 2.83. The fourth-order valence-electron chi connectivity index (χ4n) is 1.77. The van der Waals surface area contributed by atoms with Gasteiger partial charge in [0.2, 0.25) is 0 Å². The van der Waals surface area contributed by atoms with Gasteiger partial charge >= 0.3 is 0 Å². The average molecular weight is 247 g/mol. The zero-order valence-electron chi connectivity index (χ0n) is 11.4. The van der Waals surface area contributed by atoms with Crippen molar-refractivity contribution in [3.63, 3.8) is 0 Å². The third kappa shape index (κ3) is 8.28. The van der Waals surface area contributed by atoms with E-state index in [1.165, 1.54) is 12.8 Å². The third-order valence-corrected chi connectivity index (χ3v) is 4.61. The van der Waals surface area contributed by atoms with Crippen molar-refractivity contribution in [2.75, 3.05) is 12.3 Å². The van der Waals surface area contributed by atoms with E-state index in [0.29, 0.717) is 11.3 Å². The first-order valence-corrected chi connectivity index (χ1v) is 8.10. The van der Waals surface area contributed by atoms with Crippen LogP contribution in [0.4, 0.5) is 0 Å². The molecule has 3 unspecified atom stereocenters. The summed E-state index contributed by atoms with van der Waals surface area (Å²) in [6.45, 7) is 9.73. The number of rotatable bonds is 10. The molecule has 0 spiro atoms. The van der Waals surface area contributed by atoms with E-state index in [2.05, 4.69) is 33.0 Å². The minimum Gasteiger partial charge on any atom is -0.314 e. The normalized spacial score (nSPS) is 17.0. The van der Waals surface area contributed by atoms with Crippen molar-refractivity contribution in [2.45, 2.75) is 71.1 Å². The quantitative estimate of drug-likeness (QED) is 0.601. The molecule has 2 nitrogen and oxygen atoms in total. The van der Waals surface area contributed by atoms with E-state index in [-0.39, 0.29) is 0 Å². The summed E-state index contributed by atoms with van der Waals surface area (Å²) in [5, 5.41) is 3.78. The maximum absolute atomic E-state index is 11.9. The van der Waals surface area contributed by atoms with Crippen LogP contribution in [0.5, 0.6) is 0 Å². The SMILES string of the molecule is CCCCCS(=O)C(C)CC(C)NCCC. The number of hydrogen-bond donors (Lipinski definition) is 1. The molecule has 0 aromatic rings. The van der Waals surface area contributed by atoms with Crippen LogP contribution in [0.1, 0.15) is 59.8 Å². The van der Waals surface area contributed by atoms with Gasteiger partial charge in [0.05, 0.1) is 0 Å². The Hall–Kier alpha value is 0.110. The maximum Gasteiger partial charge on any atom is 0.0334 e. The second kappa shape index (κ2) is 10.3. The van der Waals surface area contributed by atoms with Gasteiger partial charge in [-0.2, -0.15) is 0 Å². The van der Waals surface area contributed by atoms with E-state index >= 15 is 0 Å². The van der Waals surface area contributed by atoms with Gasteiger partial charge in [-0.05, 0) is 32.7 Å². The summed E-state index contributed by atoms with van der Waals surface area (Å²) in [6, 6.07) is 0.491. The van der Waals surface area contributed by atoms with Crippen molar-refractivity contribution in [2.24, 2.45) is 0 Å². The van der Waals surface area contributed by atoms with Crippen LogP contribution in [0.2, 0.25) is 0 Å². The van der Waals surface area contributed by atoms with E-state index in [0.717, 1.165) is 31.6 Å². The Kier molecular flexibility index (Phi) is 10.3. The number of nitrogens with one attached hydrogen (secondary N) is 1. The molecule has 0 aliphatic heterocycles. The van der Waals surface area contributed by atoms with Gasteiger partial charge in [0.1, 0.15) is 0 Å². The van der Waals surface area contributed by atoms with Crippen molar-refractivity contribution < 1.29 is 4.21 Å². The Morgan fingerprint density at radius 1 is 1.12 bits per heavy atom. The molecule has 0 saturated heterocycles. The maximum atomic E-state index is 11.9. The highest BCUT2D eigenvalue weighted by Gasteiger charge is 2.13. The summed E-state index contributed by atoms with van der Waals surface area (Å²) < 4.78 is 11.9. The molecule has 0 saturated carbocycles. The minimum atomic E-state index is -0.632. The molecule has 1 N–H and O–H groups in total. The molecule has 0 fully saturated rings. The van der Waals surface area contributed by atoms with Crippen LogP contribution in [0.25, 0.3) is 0 Å². The summed E-state index contributed by atoms with van der Waals surface area (Å²) in [6.07, 6.45) is 5.73. The van der Waals surface area contributed by atoms with Crippen LogP contribution >= 0.6 is 0 Å². The molecule has 0 rings (SSSR count). The van der Waals surface area contributed by atoms with Gasteiger partial charge in [-0.1, -0.05) is 33.6 Å². The molecular formula is C13H29NOS. The predicted molar refractivity (Wildman–Crippen MR) is 74.4 cm³/mol. The number of hydrogen-bond acceptors (Lipinski definition) is 2. The first-order valence-electron chi connectivity index (χ1n) is 6.72. The van der Waals surface area contributed by atoms with E-state index in [1.54, 1.807) is 0 Å². The van der Waals surface area contributed by atoms with Gasteiger partial charge in [0.25, 0.3) is 0 Å². The van der Waals surface area contributed by atoms with E-state index < -0.39 is 10.8 Å². The molecule has 0 bridgehead atoms. The smallest absolute Gasteiger partial charge is 0.0334 e. The highest BCUT2D eigenvalue weighted by atomic mass is 32.2. The van der Waals surface area contributed by atoms with E-state index in [9.17, 15) is 4.21 Å². The molecule has 3 atom stereocenters. The Morgan fingerprint density at radius 3 is 2.38 bits per heavy atom. The molecular weight excluding hydrogens is 218 g/mol. The Balaban J connectivity index is 3.68. The lowest BCUT2D eigenvalue weighted by Crippen LogP contribution is -2.31. The topological polar surface area (TPSA) is 29.1 Å². The summed E-state index contributed by atoms with van der Waals surface area (Å²) in [5.41, 5.74) is 0. The highest BCUT2D eigenvalue weighted by molar-refractivity contribution is 7.85. The first kappa shape index (κ1) is 16.1. The minimum absolute atomic E-state index is 0.330. The zero-order valence-corrected chi connectivity index (χ0v) is 12.2. The molecule has 0 heterocycles. The molecule has 0 aliphatic rings. The van der Waals surface area contributed by atoms with E-state index in [1.807, 2.05) is 0 Å². The standard InChI is InChI=1S/C13H29NOS/c1-5-7-8-10-16(15)13(4)11-12(3)14-9-6-2/h12-14H,5-11H2,1-4H3. The van der Waals surface area contributed by atoms with Crippen LogP contribution in [0.3, 0.4) is 0 Å². The lowest BCUT2D eigenvalue weighted by Gasteiger charge is -2.18. The highest BCUT2D eigenvalue weighted by Crippen LogP contribution is 2.08. The molecule has 16 heavy (non-hydrogen) atoms. The average Bonchev–Trinajstić information content (AvgIpc) is 2.26. The largest absolute Gasteiger partial charge is 0.314 e. The van der Waals surface area contributed by atoms with Gasteiger partial charge in [-0.3, -0.25) is 4.21 Å². The molecule has 0 aromatic carbocycles. The predicted octanol–water partition coefficient (Wildman–Crippen LogP) is 3.09.